The van der Waals surface area contributed by atoms with Crippen molar-refractivity contribution in [1.82, 2.24) is 19.4 Å². The molecule has 1 fully saturated rings. The fourth-order valence-corrected chi connectivity index (χ4v) is 4.64. The number of carbonyl (C=O) groups is 2. The third-order valence-corrected chi connectivity index (χ3v) is 6.20. The molecular weight excluding hydrogens is 444 g/mol. The van der Waals surface area contributed by atoms with Crippen molar-refractivity contribution in [2.45, 2.75) is 45.1 Å². The molecule has 1 aliphatic heterocycles. The Morgan fingerprint density at radius 3 is 2.43 bits per heavy atom. The van der Waals surface area contributed by atoms with E-state index >= 15 is 0 Å². The molecule has 0 saturated carbocycles. The zero-order valence-corrected chi connectivity index (χ0v) is 20.7. The van der Waals surface area contributed by atoms with Gasteiger partial charge in [-0.25, -0.2) is 14.8 Å². The third-order valence-electron chi connectivity index (χ3n) is 6.20. The Kier molecular flexibility index (Phi) is 6.51. The fourth-order valence-electron chi connectivity index (χ4n) is 4.64. The largest absolute Gasteiger partial charge is 0.444 e. The molecule has 0 aliphatic carbocycles. The Morgan fingerprint density at radius 2 is 1.83 bits per heavy atom. The number of carbonyl (C=O) groups excluding carboxylic acids is 2. The minimum Gasteiger partial charge on any atom is -0.444 e. The first-order chi connectivity index (χ1) is 16.6. The first-order valence-corrected chi connectivity index (χ1v) is 11.7. The highest BCUT2D eigenvalue weighted by atomic mass is 16.6. The summed E-state index contributed by atoms with van der Waals surface area (Å²) in [5.41, 5.74) is 10.4. The number of amides is 2. The Hall–Kier alpha value is -3.88. The maximum absolute atomic E-state index is 12.6. The highest BCUT2D eigenvalue weighted by molar-refractivity contribution is 5.99. The van der Waals surface area contributed by atoms with Gasteiger partial charge in [0.05, 0.1) is 11.1 Å². The topological polar surface area (TPSA) is 115 Å². The van der Waals surface area contributed by atoms with Gasteiger partial charge >= 0.3 is 6.09 Å². The molecule has 2 amide bonds. The Morgan fingerprint density at radius 1 is 1.17 bits per heavy atom. The van der Waals surface area contributed by atoms with Crippen molar-refractivity contribution in [3.63, 3.8) is 0 Å². The summed E-state index contributed by atoms with van der Waals surface area (Å²) in [4.78, 5) is 34.8. The van der Waals surface area contributed by atoms with Crippen LogP contribution < -0.4 is 11.1 Å². The lowest BCUT2D eigenvalue weighted by atomic mass is 9.86. The van der Waals surface area contributed by atoms with Crippen LogP contribution >= 0.6 is 0 Å². The molecule has 2 aromatic heterocycles. The third kappa shape index (κ3) is 4.99. The highest BCUT2D eigenvalue weighted by Gasteiger charge is 2.32. The van der Waals surface area contributed by atoms with Crippen LogP contribution in [0.4, 0.5) is 16.3 Å². The number of nitrogens with zero attached hydrogens (tertiary/aromatic N) is 4. The summed E-state index contributed by atoms with van der Waals surface area (Å²) in [6.45, 7) is 10.3. The number of aryl methyl sites for hydroxylation is 1. The summed E-state index contributed by atoms with van der Waals surface area (Å²) in [6, 6.07) is 7.66. The van der Waals surface area contributed by atoms with E-state index in [0.717, 1.165) is 40.7 Å². The predicted octanol–water partition coefficient (Wildman–Crippen LogP) is 4.46. The molecule has 0 spiro atoms. The Balaban J connectivity index is 1.69. The quantitative estimate of drug-likeness (QED) is 0.537. The van der Waals surface area contributed by atoms with Crippen LogP contribution in [0.15, 0.2) is 43.2 Å². The van der Waals surface area contributed by atoms with Crippen molar-refractivity contribution in [1.29, 1.82) is 0 Å². The number of nitrogens with one attached hydrogen (secondary N) is 1. The van der Waals surface area contributed by atoms with Gasteiger partial charge in [-0.05, 0) is 68.9 Å². The van der Waals surface area contributed by atoms with Gasteiger partial charge in [0.2, 0.25) is 5.91 Å². The molecule has 0 radical (unpaired) electrons. The lowest BCUT2D eigenvalue weighted by Crippen LogP contribution is -2.41. The zero-order chi connectivity index (χ0) is 25.3. The number of anilines is 2. The van der Waals surface area contributed by atoms with Gasteiger partial charge in [0.1, 0.15) is 23.4 Å². The predicted molar refractivity (Wildman–Crippen MR) is 137 cm³/mol. The van der Waals surface area contributed by atoms with Crippen molar-refractivity contribution in [3.8, 4) is 11.3 Å². The summed E-state index contributed by atoms with van der Waals surface area (Å²) < 4.78 is 7.60. The first-order valence-electron chi connectivity index (χ1n) is 11.7. The number of likely N-dealkylation sites (tertiary alicyclic amines) is 1. The van der Waals surface area contributed by atoms with Gasteiger partial charge in [0.15, 0.2) is 0 Å². The molecular formula is C26H32N6O3. The zero-order valence-electron chi connectivity index (χ0n) is 20.7. The molecule has 184 valence electrons. The lowest BCUT2D eigenvalue weighted by Gasteiger charge is -2.34. The number of hydrogen-bond acceptors (Lipinski definition) is 6. The Bertz CT molecular complexity index is 1260. The molecule has 3 heterocycles. The average Bonchev–Trinajstić information content (AvgIpc) is 3.12. The number of benzene rings is 1. The molecule has 3 N–H and O–H groups in total. The summed E-state index contributed by atoms with van der Waals surface area (Å²) in [5.74, 6) is 0.347. The van der Waals surface area contributed by atoms with Gasteiger partial charge in [0.25, 0.3) is 0 Å². The van der Waals surface area contributed by atoms with Gasteiger partial charge < -0.3 is 25.3 Å². The van der Waals surface area contributed by atoms with E-state index in [1.165, 1.54) is 12.4 Å². The molecule has 1 aliphatic rings. The molecule has 4 rings (SSSR count). The second-order valence-corrected chi connectivity index (χ2v) is 9.79. The molecule has 0 bridgehead atoms. The molecule has 1 saturated heterocycles. The van der Waals surface area contributed by atoms with E-state index in [0.29, 0.717) is 24.6 Å². The molecule has 35 heavy (non-hydrogen) atoms. The molecule has 9 nitrogen and oxygen atoms in total. The van der Waals surface area contributed by atoms with Gasteiger partial charge in [-0.3, -0.25) is 4.79 Å². The van der Waals surface area contributed by atoms with E-state index < -0.39 is 5.60 Å². The number of piperidine rings is 1. The summed E-state index contributed by atoms with van der Waals surface area (Å²) >= 11 is 0. The van der Waals surface area contributed by atoms with E-state index in [2.05, 4.69) is 21.9 Å². The SMILES string of the molecule is C=CC(=O)Nc1ccc(-c2c(C3CCN(C(=O)OC(C)(C)C)CC3)c3c(N)ncnc3n2C)cc1. The number of nitrogens with two attached hydrogens (primary N) is 1. The van der Waals surface area contributed by atoms with E-state index in [-0.39, 0.29) is 17.9 Å². The van der Waals surface area contributed by atoms with Crippen LogP contribution in [0.2, 0.25) is 0 Å². The van der Waals surface area contributed by atoms with Crippen LogP contribution in [0.1, 0.15) is 45.1 Å². The molecule has 0 unspecified atom stereocenters. The van der Waals surface area contributed by atoms with E-state index in [9.17, 15) is 9.59 Å². The summed E-state index contributed by atoms with van der Waals surface area (Å²) in [5, 5.41) is 3.63. The van der Waals surface area contributed by atoms with Gasteiger partial charge in [-0.15, -0.1) is 0 Å². The standard InChI is InChI=1S/C26H32N6O3/c1-6-19(33)30-18-9-7-17(8-10-18)22-20(21-23(27)28-15-29-24(21)31(22)5)16-11-13-32(14-12-16)25(34)35-26(2,3)4/h6-10,15-16H,1,11-14H2,2-5H3,(H,30,33)(H2,27,28,29). The van der Waals surface area contributed by atoms with Crippen molar-refractivity contribution >= 4 is 34.5 Å². The number of ether oxygens (including phenoxy) is 1. The van der Waals surface area contributed by atoms with Crippen LogP contribution in [0.5, 0.6) is 0 Å². The van der Waals surface area contributed by atoms with Crippen molar-refractivity contribution in [3.05, 3.63) is 48.8 Å². The number of fused-ring (bicyclic) bond motifs is 1. The normalized spacial score (nSPS) is 14.7. The van der Waals surface area contributed by atoms with Crippen LogP contribution in [0.25, 0.3) is 22.3 Å². The number of nitrogen functional groups attached to an aromatic ring is 1. The maximum Gasteiger partial charge on any atom is 0.410 e. The molecule has 9 heteroatoms. The van der Waals surface area contributed by atoms with E-state index in [1.807, 2.05) is 56.7 Å². The number of rotatable bonds is 4. The second kappa shape index (κ2) is 9.40. The summed E-state index contributed by atoms with van der Waals surface area (Å²) in [6.07, 6.45) is 3.97. The minimum atomic E-state index is -0.528. The number of hydrogen-bond donors (Lipinski definition) is 2. The summed E-state index contributed by atoms with van der Waals surface area (Å²) in [7, 11) is 1.97. The minimum absolute atomic E-state index is 0.167. The molecule has 0 atom stereocenters. The maximum atomic E-state index is 12.6. The van der Waals surface area contributed by atoms with Gasteiger partial charge in [-0.1, -0.05) is 18.7 Å². The number of aromatic nitrogens is 3. The average molecular weight is 477 g/mol. The first kappa shape index (κ1) is 24.3. The van der Waals surface area contributed by atoms with Gasteiger partial charge in [0, 0.05) is 25.8 Å². The highest BCUT2D eigenvalue weighted by Crippen LogP contribution is 2.43. The molecule has 3 aromatic rings. The van der Waals surface area contributed by atoms with E-state index in [4.69, 9.17) is 10.5 Å². The van der Waals surface area contributed by atoms with Crippen LogP contribution in [-0.4, -0.2) is 50.1 Å². The monoisotopic (exact) mass is 476 g/mol. The fraction of sp³-hybridized carbons (Fsp3) is 0.385. The van der Waals surface area contributed by atoms with Crippen LogP contribution in [0.3, 0.4) is 0 Å². The lowest BCUT2D eigenvalue weighted by molar-refractivity contribution is -0.111. The smallest absolute Gasteiger partial charge is 0.410 e. The van der Waals surface area contributed by atoms with Crippen molar-refractivity contribution in [2.75, 3.05) is 24.1 Å². The van der Waals surface area contributed by atoms with Crippen LogP contribution in [0, 0.1) is 0 Å². The molecule has 1 aromatic carbocycles. The van der Waals surface area contributed by atoms with E-state index in [1.54, 1.807) is 4.90 Å². The van der Waals surface area contributed by atoms with Crippen LogP contribution in [-0.2, 0) is 16.6 Å². The van der Waals surface area contributed by atoms with Gasteiger partial charge in [-0.2, -0.15) is 0 Å². The Labute approximate surface area is 205 Å². The second-order valence-electron chi connectivity index (χ2n) is 9.79. The van der Waals surface area contributed by atoms with Crippen molar-refractivity contribution in [2.24, 2.45) is 7.05 Å². The van der Waals surface area contributed by atoms with Crippen molar-refractivity contribution < 1.29 is 14.3 Å².